The highest BCUT2D eigenvalue weighted by atomic mass is 35.5. The van der Waals surface area contributed by atoms with Crippen LogP contribution < -0.4 is 11.1 Å². The van der Waals surface area contributed by atoms with Crippen molar-refractivity contribution in [1.29, 1.82) is 5.41 Å². The molecule has 1 aromatic carbocycles. The molecule has 120 valence electrons. The van der Waals surface area contributed by atoms with Gasteiger partial charge in [0, 0.05) is 24.0 Å². The van der Waals surface area contributed by atoms with E-state index in [0.717, 1.165) is 29.7 Å². The standard InChI is InChI=1S/C16H15Cl2N3OS/c17-12-5-14(23-15(12)18)16(22)21-7-11-9(8-1-2-8)3-4-13(20)10(11)6-19/h3-6,8,19H,1-2,7,20H2,(H,21,22). The first kappa shape index (κ1) is 16.3. The number of benzene rings is 1. The molecule has 0 aliphatic heterocycles. The molecule has 1 heterocycles. The lowest BCUT2D eigenvalue weighted by Crippen LogP contribution is -2.23. The fraction of sp³-hybridized carbons (Fsp3) is 0.250. The van der Waals surface area contributed by atoms with Crippen molar-refractivity contribution in [1.82, 2.24) is 5.32 Å². The topological polar surface area (TPSA) is 79.0 Å². The molecule has 0 atom stereocenters. The van der Waals surface area contributed by atoms with Gasteiger partial charge in [0.25, 0.3) is 5.91 Å². The van der Waals surface area contributed by atoms with E-state index in [1.165, 1.54) is 11.8 Å². The molecule has 0 saturated heterocycles. The van der Waals surface area contributed by atoms with E-state index in [1.807, 2.05) is 12.1 Å². The predicted molar refractivity (Wildman–Crippen MR) is 96.2 cm³/mol. The Labute approximate surface area is 148 Å². The fourth-order valence-electron chi connectivity index (χ4n) is 2.56. The number of nitrogens with one attached hydrogen (secondary N) is 2. The minimum absolute atomic E-state index is 0.232. The summed E-state index contributed by atoms with van der Waals surface area (Å²) in [6.07, 6.45) is 3.53. The second kappa shape index (κ2) is 6.51. The molecule has 0 radical (unpaired) electrons. The highest BCUT2D eigenvalue weighted by molar-refractivity contribution is 7.18. The van der Waals surface area contributed by atoms with Crippen LogP contribution in [0.5, 0.6) is 0 Å². The van der Waals surface area contributed by atoms with Crippen LogP contribution in [-0.2, 0) is 6.54 Å². The van der Waals surface area contributed by atoms with Crippen LogP contribution >= 0.6 is 34.5 Å². The van der Waals surface area contributed by atoms with Crippen LogP contribution in [0.3, 0.4) is 0 Å². The van der Waals surface area contributed by atoms with E-state index in [1.54, 1.807) is 6.07 Å². The molecule has 1 fully saturated rings. The Morgan fingerprint density at radius 3 is 2.74 bits per heavy atom. The molecule has 1 aliphatic carbocycles. The minimum atomic E-state index is -0.232. The molecule has 7 heteroatoms. The Bertz CT molecular complexity index is 764. The number of hydrogen-bond donors (Lipinski definition) is 3. The van der Waals surface area contributed by atoms with Crippen molar-refractivity contribution in [2.24, 2.45) is 0 Å². The van der Waals surface area contributed by atoms with E-state index >= 15 is 0 Å². The highest BCUT2D eigenvalue weighted by Crippen LogP contribution is 2.43. The second-order valence-corrected chi connectivity index (χ2v) is 7.53. The lowest BCUT2D eigenvalue weighted by Gasteiger charge is -2.15. The van der Waals surface area contributed by atoms with Gasteiger partial charge in [0.2, 0.25) is 0 Å². The van der Waals surface area contributed by atoms with E-state index in [0.29, 0.717) is 37.9 Å². The molecule has 2 aromatic rings. The summed E-state index contributed by atoms with van der Waals surface area (Å²) in [4.78, 5) is 12.7. The van der Waals surface area contributed by atoms with Gasteiger partial charge in [-0.1, -0.05) is 29.3 Å². The van der Waals surface area contributed by atoms with Crippen LogP contribution in [0, 0.1) is 5.41 Å². The number of amides is 1. The maximum Gasteiger partial charge on any atom is 0.261 e. The van der Waals surface area contributed by atoms with Crippen LogP contribution in [0.4, 0.5) is 5.69 Å². The van der Waals surface area contributed by atoms with E-state index in [2.05, 4.69) is 5.32 Å². The summed E-state index contributed by atoms with van der Waals surface area (Å²) in [7, 11) is 0. The summed E-state index contributed by atoms with van der Waals surface area (Å²) in [6, 6.07) is 5.39. The van der Waals surface area contributed by atoms with E-state index in [-0.39, 0.29) is 5.91 Å². The fourth-order valence-corrected chi connectivity index (χ4v) is 3.84. The maximum atomic E-state index is 12.3. The van der Waals surface area contributed by atoms with Crippen molar-refractivity contribution in [2.45, 2.75) is 25.3 Å². The Hall–Kier alpha value is -1.56. The number of carbonyl (C=O) groups is 1. The van der Waals surface area contributed by atoms with Gasteiger partial charge < -0.3 is 16.5 Å². The van der Waals surface area contributed by atoms with Crippen LogP contribution in [0.25, 0.3) is 0 Å². The number of halogens is 2. The molecular weight excluding hydrogens is 353 g/mol. The lowest BCUT2D eigenvalue weighted by molar-refractivity contribution is 0.0955. The molecule has 23 heavy (non-hydrogen) atoms. The van der Waals surface area contributed by atoms with Crippen LogP contribution in [0.1, 0.15) is 45.1 Å². The number of carbonyl (C=O) groups excluding carboxylic acids is 1. The predicted octanol–water partition coefficient (Wildman–Crippen LogP) is 4.44. The van der Waals surface area contributed by atoms with Gasteiger partial charge in [0.05, 0.1) is 9.90 Å². The Morgan fingerprint density at radius 1 is 1.43 bits per heavy atom. The molecule has 0 bridgehead atoms. The van der Waals surface area contributed by atoms with Gasteiger partial charge in [-0.25, -0.2) is 0 Å². The third-order valence-corrected chi connectivity index (χ3v) is 5.75. The third-order valence-electron chi connectivity index (χ3n) is 3.88. The summed E-state index contributed by atoms with van der Waals surface area (Å²) >= 11 is 12.9. The van der Waals surface area contributed by atoms with Crippen LogP contribution in [0.2, 0.25) is 9.36 Å². The minimum Gasteiger partial charge on any atom is -0.398 e. The number of anilines is 1. The van der Waals surface area contributed by atoms with Crippen molar-refractivity contribution < 1.29 is 4.79 Å². The number of nitrogens with two attached hydrogens (primary N) is 1. The van der Waals surface area contributed by atoms with E-state index in [4.69, 9.17) is 34.3 Å². The normalized spacial score (nSPS) is 13.8. The van der Waals surface area contributed by atoms with Gasteiger partial charge in [-0.2, -0.15) is 0 Å². The number of hydrogen-bond acceptors (Lipinski definition) is 4. The van der Waals surface area contributed by atoms with E-state index in [9.17, 15) is 4.79 Å². The zero-order valence-corrected chi connectivity index (χ0v) is 14.5. The summed E-state index contributed by atoms with van der Waals surface area (Å²) in [5.74, 6) is 0.274. The second-order valence-electron chi connectivity index (χ2n) is 5.47. The lowest BCUT2D eigenvalue weighted by atomic mass is 9.96. The Kier molecular flexibility index (Phi) is 4.62. The summed E-state index contributed by atoms with van der Waals surface area (Å²) in [5, 5.41) is 10.9. The van der Waals surface area contributed by atoms with Gasteiger partial charge in [-0.3, -0.25) is 4.79 Å². The van der Waals surface area contributed by atoms with E-state index < -0.39 is 0 Å². The van der Waals surface area contributed by atoms with Crippen molar-refractivity contribution in [3.05, 3.63) is 49.1 Å². The summed E-state index contributed by atoms with van der Waals surface area (Å²) < 4.78 is 0.402. The largest absolute Gasteiger partial charge is 0.398 e. The Morgan fingerprint density at radius 2 is 2.17 bits per heavy atom. The number of thiophene rings is 1. The molecule has 1 aliphatic rings. The van der Waals surface area contributed by atoms with Crippen molar-refractivity contribution in [2.75, 3.05) is 5.73 Å². The molecule has 1 amide bonds. The molecule has 4 nitrogen and oxygen atoms in total. The van der Waals surface area contributed by atoms with Crippen LogP contribution in [-0.4, -0.2) is 12.1 Å². The molecule has 1 saturated carbocycles. The molecule has 4 N–H and O–H groups in total. The van der Waals surface area contributed by atoms with Gasteiger partial charge in [-0.15, -0.1) is 11.3 Å². The Balaban J connectivity index is 1.83. The maximum absolute atomic E-state index is 12.3. The van der Waals surface area contributed by atoms with Crippen molar-refractivity contribution in [3.8, 4) is 0 Å². The van der Waals surface area contributed by atoms with Gasteiger partial charge in [0.15, 0.2) is 0 Å². The smallest absolute Gasteiger partial charge is 0.261 e. The molecule has 3 rings (SSSR count). The van der Waals surface area contributed by atoms with Gasteiger partial charge in [0.1, 0.15) is 4.34 Å². The summed E-state index contributed by atoms with van der Waals surface area (Å²) in [6.45, 7) is 0.327. The molecule has 0 spiro atoms. The zero-order chi connectivity index (χ0) is 16.6. The average Bonchev–Trinajstić information content (AvgIpc) is 3.31. The quantitative estimate of drug-likeness (QED) is 0.539. The average molecular weight is 368 g/mol. The SMILES string of the molecule is N=Cc1c(N)ccc(C2CC2)c1CNC(=O)c1cc(Cl)c(Cl)s1. The number of rotatable bonds is 5. The molecule has 1 aromatic heterocycles. The number of nitrogen functional groups attached to an aromatic ring is 1. The first-order chi connectivity index (χ1) is 11.0. The molecule has 0 unspecified atom stereocenters. The third kappa shape index (κ3) is 3.37. The van der Waals surface area contributed by atoms with Gasteiger partial charge >= 0.3 is 0 Å². The van der Waals surface area contributed by atoms with Crippen molar-refractivity contribution >= 4 is 52.3 Å². The van der Waals surface area contributed by atoms with Gasteiger partial charge in [-0.05, 0) is 42.0 Å². The molecular formula is C16H15Cl2N3OS. The van der Waals surface area contributed by atoms with Crippen molar-refractivity contribution in [3.63, 3.8) is 0 Å². The van der Waals surface area contributed by atoms with Crippen LogP contribution in [0.15, 0.2) is 18.2 Å². The zero-order valence-electron chi connectivity index (χ0n) is 12.2. The first-order valence-electron chi connectivity index (χ1n) is 7.16. The summed E-state index contributed by atoms with van der Waals surface area (Å²) in [5.41, 5.74) is 9.28. The highest BCUT2D eigenvalue weighted by Gasteiger charge is 2.27. The first-order valence-corrected chi connectivity index (χ1v) is 8.73. The monoisotopic (exact) mass is 367 g/mol.